The Morgan fingerprint density at radius 1 is 1.11 bits per heavy atom. The summed E-state index contributed by atoms with van der Waals surface area (Å²) < 4.78 is 13.7. The van der Waals surface area contributed by atoms with Gasteiger partial charge in [-0.15, -0.1) is 0 Å². The maximum absolute atomic E-state index is 13.7. The second kappa shape index (κ2) is 8.84. The molecule has 2 aliphatic rings. The van der Waals surface area contributed by atoms with Gasteiger partial charge in [0.2, 0.25) is 5.91 Å². The number of H-pyrrole nitrogens is 1. The zero-order valence-corrected chi connectivity index (χ0v) is 20.3. The number of carbonyl (C=O) groups excluding carboxylic acids is 2. The smallest absolute Gasteiger partial charge is 0.249 e. The molecule has 3 N–H and O–H groups in total. The van der Waals surface area contributed by atoms with Crippen molar-refractivity contribution in [3.63, 3.8) is 0 Å². The third-order valence-electron chi connectivity index (χ3n) is 7.04. The van der Waals surface area contributed by atoms with E-state index in [1.54, 1.807) is 12.1 Å². The number of hydrogen-bond donors (Lipinski definition) is 3. The first-order valence-electron chi connectivity index (χ1n) is 12.1. The number of rotatable bonds is 5. The molecule has 2 aromatic carbocycles. The highest BCUT2D eigenvalue weighted by atomic mass is 19.1. The number of halogens is 1. The molecule has 1 aromatic heterocycles. The van der Waals surface area contributed by atoms with Crippen molar-refractivity contribution in [2.75, 3.05) is 6.54 Å². The van der Waals surface area contributed by atoms with Crippen LogP contribution in [0, 0.1) is 11.2 Å². The lowest BCUT2D eigenvalue weighted by Gasteiger charge is -2.39. The highest BCUT2D eigenvalue weighted by molar-refractivity contribution is 6.05. The molecule has 0 saturated heterocycles. The largest absolute Gasteiger partial charge is 0.362 e. The molecule has 1 aliphatic heterocycles. The molecule has 0 saturated carbocycles. The van der Waals surface area contributed by atoms with Crippen LogP contribution in [0.1, 0.15) is 50.7 Å². The van der Waals surface area contributed by atoms with Crippen molar-refractivity contribution < 1.29 is 14.0 Å². The van der Waals surface area contributed by atoms with Crippen LogP contribution in [-0.4, -0.2) is 23.2 Å². The number of allylic oxidation sites excluding steroid dienone is 3. The van der Waals surface area contributed by atoms with E-state index in [0.29, 0.717) is 30.5 Å². The second-order valence-corrected chi connectivity index (χ2v) is 10.3. The van der Waals surface area contributed by atoms with E-state index in [9.17, 15) is 14.0 Å². The number of dihydropyridines is 1. The molecular weight excluding hydrogens is 441 g/mol. The number of fused-ring (bicyclic) bond motifs is 1. The minimum absolute atomic E-state index is 0.0367. The van der Waals surface area contributed by atoms with Crippen LogP contribution in [0.4, 0.5) is 4.39 Å². The number of nitrogens with one attached hydrogen (secondary N) is 3. The predicted octanol–water partition coefficient (Wildman–Crippen LogP) is 5.27. The minimum atomic E-state index is -0.525. The molecular formula is C29H30FN3O2. The fourth-order valence-electron chi connectivity index (χ4n) is 5.47. The number of carbonyl (C=O) groups is 2. The van der Waals surface area contributed by atoms with Gasteiger partial charge >= 0.3 is 0 Å². The van der Waals surface area contributed by atoms with Crippen molar-refractivity contribution in [1.29, 1.82) is 0 Å². The molecule has 0 radical (unpaired) electrons. The van der Waals surface area contributed by atoms with Gasteiger partial charge in [-0.2, -0.15) is 0 Å². The van der Waals surface area contributed by atoms with E-state index in [0.717, 1.165) is 39.8 Å². The van der Waals surface area contributed by atoms with Gasteiger partial charge < -0.3 is 15.6 Å². The molecule has 5 nitrogen and oxygen atoms in total. The molecule has 180 valence electrons. The maximum Gasteiger partial charge on any atom is 0.249 e. The van der Waals surface area contributed by atoms with Gasteiger partial charge in [-0.1, -0.05) is 44.2 Å². The first kappa shape index (κ1) is 23.1. The molecule has 5 rings (SSSR count). The van der Waals surface area contributed by atoms with Gasteiger partial charge in [-0.3, -0.25) is 9.59 Å². The van der Waals surface area contributed by atoms with E-state index in [2.05, 4.69) is 35.5 Å². The molecule has 1 unspecified atom stereocenters. The van der Waals surface area contributed by atoms with E-state index >= 15 is 0 Å². The lowest BCUT2D eigenvalue weighted by atomic mass is 9.68. The third kappa shape index (κ3) is 4.41. The average Bonchev–Trinajstić information content (AvgIpc) is 3.21. The van der Waals surface area contributed by atoms with Gasteiger partial charge in [0.15, 0.2) is 5.78 Å². The second-order valence-electron chi connectivity index (χ2n) is 10.3. The van der Waals surface area contributed by atoms with Crippen LogP contribution in [0.3, 0.4) is 0 Å². The Balaban J connectivity index is 1.43. The summed E-state index contributed by atoms with van der Waals surface area (Å²) >= 11 is 0. The van der Waals surface area contributed by atoms with Crippen LogP contribution in [0.2, 0.25) is 0 Å². The molecule has 0 spiro atoms. The average molecular weight is 472 g/mol. The summed E-state index contributed by atoms with van der Waals surface area (Å²) in [7, 11) is 0. The summed E-state index contributed by atoms with van der Waals surface area (Å²) in [4.78, 5) is 30.1. The maximum atomic E-state index is 13.7. The topological polar surface area (TPSA) is 74.0 Å². The Morgan fingerprint density at radius 2 is 1.86 bits per heavy atom. The standard InChI is InChI=1S/C29H30FN3O2/c1-17-25(28(35)31-13-12-19-16-32-22-7-5-4-6-21(19)22)26(18-8-10-20(30)11-9-18)27-23(33-17)14-29(2,3)15-24(27)34/h4-11,16,26,32-33H,12-15H2,1-3H3,(H,31,35). The fourth-order valence-corrected chi connectivity index (χ4v) is 5.47. The molecule has 1 aliphatic carbocycles. The van der Waals surface area contributed by atoms with E-state index in [4.69, 9.17) is 0 Å². The van der Waals surface area contributed by atoms with Crippen molar-refractivity contribution in [3.05, 3.63) is 94.2 Å². The third-order valence-corrected chi connectivity index (χ3v) is 7.04. The number of amides is 1. The first-order valence-corrected chi connectivity index (χ1v) is 12.1. The van der Waals surface area contributed by atoms with Gasteiger partial charge in [0.1, 0.15) is 5.82 Å². The Morgan fingerprint density at radius 3 is 2.63 bits per heavy atom. The highest BCUT2D eigenvalue weighted by Gasteiger charge is 2.42. The van der Waals surface area contributed by atoms with Crippen LogP contribution >= 0.6 is 0 Å². The fraction of sp³-hybridized carbons (Fsp3) is 0.310. The highest BCUT2D eigenvalue weighted by Crippen LogP contribution is 2.46. The van der Waals surface area contributed by atoms with Gasteiger partial charge in [-0.05, 0) is 54.5 Å². The first-order chi connectivity index (χ1) is 16.7. The number of hydrogen-bond acceptors (Lipinski definition) is 3. The molecule has 0 bridgehead atoms. The van der Waals surface area contributed by atoms with Crippen molar-refractivity contribution in [3.8, 4) is 0 Å². The molecule has 35 heavy (non-hydrogen) atoms. The van der Waals surface area contributed by atoms with Crippen LogP contribution < -0.4 is 10.6 Å². The van der Waals surface area contributed by atoms with Gasteiger partial charge in [0.05, 0.1) is 0 Å². The number of aromatic amines is 1. The van der Waals surface area contributed by atoms with Gasteiger partial charge in [-0.25, -0.2) is 4.39 Å². The van der Waals surface area contributed by atoms with Crippen LogP contribution in [0.5, 0.6) is 0 Å². The minimum Gasteiger partial charge on any atom is -0.362 e. The number of benzene rings is 2. The quantitative estimate of drug-likeness (QED) is 0.475. The molecule has 6 heteroatoms. The SMILES string of the molecule is CC1=C(C(=O)NCCc2c[nH]c3ccccc23)C(c2ccc(F)cc2)C2=C(CC(C)(C)CC2=O)N1. The number of aromatic nitrogens is 1. The molecule has 3 aromatic rings. The van der Waals surface area contributed by atoms with E-state index < -0.39 is 5.92 Å². The summed E-state index contributed by atoms with van der Waals surface area (Å²) in [5.41, 5.74) is 5.54. The normalized spacial score (nSPS) is 19.5. The number of ketones is 1. The zero-order chi connectivity index (χ0) is 24.7. The Kier molecular flexibility index (Phi) is 5.83. The molecule has 0 fully saturated rings. The summed E-state index contributed by atoms with van der Waals surface area (Å²) in [5.74, 6) is -1.05. The summed E-state index contributed by atoms with van der Waals surface area (Å²) in [6.45, 7) is 6.49. The van der Waals surface area contributed by atoms with Gasteiger partial charge in [0.25, 0.3) is 0 Å². The van der Waals surface area contributed by atoms with Crippen molar-refractivity contribution in [1.82, 2.24) is 15.6 Å². The summed E-state index contributed by atoms with van der Waals surface area (Å²) in [6, 6.07) is 14.2. The van der Waals surface area contributed by atoms with Crippen molar-refractivity contribution in [2.24, 2.45) is 5.41 Å². The molecule has 2 heterocycles. The van der Waals surface area contributed by atoms with Crippen LogP contribution in [0.15, 0.2) is 77.3 Å². The van der Waals surface area contributed by atoms with E-state index in [-0.39, 0.29) is 22.9 Å². The van der Waals surface area contributed by atoms with E-state index in [1.807, 2.05) is 31.3 Å². The van der Waals surface area contributed by atoms with Crippen LogP contribution in [-0.2, 0) is 16.0 Å². The Labute approximate surface area is 204 Å². The number of para-hydroxylation sites is 1. The Hall–Kier alpha value is -3.67. The molecule has 1 atom stereocenters. The zero-order valence-electron chi connectivity index (χ0n) is 20.3. The van der Waals surface area contributed by atoms with Crippen LogP contribution in [0.25, 0.3) is 10.9 Å². The summed E-state index contributed by atoms with van der Waals surface area (Å²) in [6.07, 6.45) is 3.79. The van der Waals surface area contributed by atoms with Gasteiger partial charge in [0, 0.05) is 58.5 Å². The summed E-state index contributed by atoms with van der Waals surface area (Å²) in [5, 5.41) is 7.58. The Bertz CT molecular complexity index is 1380. The lowest BCUT2D eigenvalue weighted by molar-refractivity contribution is -0.118. The van der Waals surface area contributed by atoms with E-state index in [1.165, 1.54) is 12.1 Å². The molecule has 1 amide bonds. The number of Topliss-reactive ketones (excluding diaryl/α,β-unsaturated/α-hetero) is 1. The monoisotopic (exact) mass is 471 g/mol. The van der Waals surface area contributed by atoms with Crippen molar-refractivity contribution >= 4 is 22.6 Å². The lowest BCUT2D eigenvalue weighted by Crippen LogP contribution is -2.41. The van der Waals surface area contributed by atoms with Crippen molar-refractivity contribution in [2.45, 2.75) is 46.0 Å². The predicted molar refractivity (Wildman–Crippen MR) is 135 cm³/mol.